The normalized spacial score (nSPS) is 23.5. The zero-order valence-electron chi connectivity index (χ0n) is 16.3. The van der Waals surface area contributed by atoms with E-state index in [1.165, 1.54) is 6.42 Å². The van der Waals surface area contributed by atoms with E-state index in [2.05, 4.69) is 39.9 Å². The molecule has 23 heavy (non-hydrogen) atoms. The van der Waals surface area contributed by atoms with Crippen molar-refractivity contribution in [3.8, 4) is 0 Å². The summed E-state index contributed by atoms with van der Waals surface area (Å²) in [5, 5.41) is 13.3. The molecule has 1 atom stereocenters. The molecule has 138 valence electrons. The molecular weight excluding hydrogens is 312 g/mol. The minimum Gasteiger partial charge on any atom is -1.00 e. The van der Waals surface area contributed by atoms with E-state index in [0.29, 0.717) is 11.0 Å². The zero-order chi connectivity index (χ0) is 17.4. The Bertz CT molecular complexity index is 398. The number of carbonyl (C=O) groups is 1. The molecule has 1 fully saturated rings. The summed E-state index contributed by atoms with van der Waals surface area (Å²) in [6.45, 7) is 11.9. The molecule has 1 aliphatic carbocycles. The van der Waals surface area contributed by atoms with E-state index in [4.69, 9.17) is 0 Å². The van der Waals surface area contributed by atoms with Crippen molar-refractivity contribution in [1.29, 1.82) is 0 Å². The lowest BCUT2D eigenvalue weighted by molar-refractivity contribution is -0.873. The van der Waals surface area contributed by atoms with E-state index in [1.807, 2.05) is 21.1 Å². The molecule has 0 spiro atoms. The predicted molar refractivity (Wildman–Crippen MR) is 91.5 cm³/mol. The van der Waals surface area contributed by atoms with Crippen molar-refractivity contribution in [3.63, 3.8) is 0 Å². The first kappa shape index (κ1) is 22.7. The second-order valence-electron chi connectivity index (χ2n) is 10.3. The molecule has 1 saturated carbocycles. The Kier molecular flexibility index (Phi) is 7.18. The summed E-state index contributed by atoms with van der Waals surface area (Å²) < 4.78 is 0.659. The Morgan fingerprint density at radius 3 is 1.87 bits per heavy atom. The Morgan fingerprint density at radius 2 is 1.48 bits per heavy atom. The molecule has 0 aromatic rings. The van der Waals surface area contributed by atoms with Gasteiger partial charge in [0.15, 0.2) is 0 Å². The van der Waals surface area contributed by atoms with Gasteiger partial charge in [-0.15, -0.1) is 0 Å². The molecule has 5 heteroatoms. The van der Waals surface area contributed by atoms with Gasteiger partial charge in [0.05, 0.1) is 27.6 Å². The molecule has 1 aliphatic rings. The summed E-state index contributed by atoms with van der Waals surface area (Å²) in [5.74, 6) is -0.0306. The van der Waals surface area contributed by atoms with Gasteiger partial charge in [0.1, 0.15) is 12.6 Å². The van der Waals surface area contributed by atoms with Gasteiger partial charge in [0.25, 0.3) is 0 Å². The SMILES string of the molecule is CC1(C)CC(C)(C)CC(C)(NC(=O)C[C@H](O)C[N+](C)(C)C)C1.[Cl-]. The van der Waals surface area contributed by atoms with Crippen LogP contribution in [0, 0.1) is 10.8 Å². The van der Waals surface area contributed by atoms with Crippen LogP contribution in [0.3, 0.4) is 0 Å². The van der Waals surface area contributed by atoms with Crippen molar-refractivity contribution in [3.05, 3.63) is 0 Å². The van der Waals surface area contributed by atoms with E-state index >= 15 is 0 Å². The van der Waals surface area contributed by atoms with Crippen LogP contribution in [0.15, 0.2) is 0 Å². The third-order valence-electron chi connectivity index (χ3n) is 4.32. The molecule has 4 nitrogen and oxygen atoms in total. The van der Waals surface area contributed by atoms with Crippen LogP contribution in [0.1, 0.15) is 60.3 Å². The fraction of sp³-hybridized carbons (Fsp3) is 0.944. The van der Waals surface area contributed by atoms with Crippen LogP contribution in [0.2, 0.25) is 0 Å². The summed E-state index contributed by atoms with van der Waals surface area (Å²) >= 11 is 0. The number of nitrogens with zero attached hydrogens (tertiary/aromatic N) is 1. The smallest absolute Gasteiger partial charge is 0.223 e. The predicted octanol–water partition coefficient (Wildman–Crippen LogP) is -0.441. The highest BCUT2D eigenvalue weighted by atomic mass is 35.5. The van der Waals surface area contributed by atoms with Gasteiger partial charge < -0.3 is 27.3 Å². The number of hydrogen-bond donors (Lipinski definition) is 2. The molecule has 2 N–H and O–H groups in total. The zero-order valence-corrected chi connectivity index (χ0v) is 17.0. The minimum absolute atomic E-state index is 0. The highest BCUT2D eigenvalue weighted by Gasteiger charge is 2.45. The molecule has 1 amide bonds. The summed E-state index contributed by atoms with van der Waals surface area (Å²) in [5.41, 5.74) is 0.272. The van der Waals surface area contributed by atoms with Gasteiger partial charge in [-0.25, -0.2) is 0 Å². The third kappa shape index (κ3) is 8.37. The lowest BCUT2D eigenvalue weighted by Crippen LogP contribution is -3.00. The first-order chi connectivity index (χ1) is 9.62. The number of nitrogens with one attached hydrogen (secondary N) is 1. The van der Waals surface area contributed by atoms with Gasteiger partial charge in [0, 0.05) is 5.54 Å². The first-order valence-electron chi connectivity index (χ1n) is 8.41. The molecule has 0 radical (unpaired) electrons. The number of rotatable bonds is 5. The van der Waals surface area contributed by atoms with E-state index < -0.39 is 6.10 Å². The summed E-state index contributed by atoms with van der Waals surface area (Å²) in [7, 11) is 6.07. The van der Waals surface area contributed by atoms with Crippen molar-refractivity contribution < 1.29 is 26.8 Å². The van der Waals surface area contributed by atoms with E-state index in [1.54, 1.807) is 0 Å². The van der Waals surface area contributed by atoms with Crippen molar-refractivity contribution >= 4 is 5.91 Å². The second-order valence-corrected chi connectivity index (χ2v) is 10.3. The number of hydrogen-bond acceptors (Lipinski definition) is 2. The van der Waals surface area contributed by atoms with Crippen LogP contribution < -0.4 is 17.7 Å². The maximum atomic E-state index is 12.4. The van der Waals surface area contributed by atoms with Crippen molar-refractivity contribution in [2.75, 3.05) is 27.7 Å². The number of quaternary nitrogens is 1. The number of carbonyl (C=O) groups excluding carboxylic acids is 1. The maximum Gasteiger partial charge on any atom is 0.223 e. The van der Waals surface area contributed by atoms with Gasteiger partial charge in [-0.05, 0) is 37.0 Å². The monoisotopic (exact) mass is 348 g/mol. The van der Waals surface area contributed by atoms with Crippen LogP contribution in [0.5, 0.6) is 0 Å². The number of halogens is 1. The first-order valence-corrected chi connectivity index (χ1v) is 8.41. The molecule has 0 heterocycles. The molecule has 0 aromatic heterocycles. The van der Waals surface area contributed by atoms with E-state index in [9.17, 15) is 9.90 Å². The highest BCUT2D eigenvalue weighted by Crippen LogP contribution is 2.49. The summed E-state index contributed by atoms with van der Waals surface area (Å²) in [6, 6.07) is 0. The fourth-order valence-electron chi connectivity index (χ4n) is 4.98. The Morgan fingerprint density at radius 1 is 1.04 bits per heavy atom. The number of aliphatic hydroxyl groups is 1. The molecule has 1 rings (SSSR count). The molecule has 0 unspecified atom stereocenters. The number of aliphatic hydroxyl groups excluding tert-OH is 1. The van der Waals surface area contributed by atoms with Crippen LogP contribution in [-0.4, -0.2) is 54.8 Å². The third-order valence-corrected chi connectivity index (χ3v) is 4.32. The van der Waals surface area contributed by atoms with Crippen LogP contribution >= 0.6 is 0 Å². The molecule has 0 saturated heterocycles. The molecular formula is C18H37ClN2O2. The molecule has 0 bridgehead atoms. The van der Waals surface area contributed by atoms with Crippen molar-refractivity contribution in [2.45, 2.75) is 71.9 Å². The average molecular weight is 349 g/mol. The summed E-state index contributed by atoms with van der Waals surface area (Å²) in [4.78, 5) is 12.4. The average Bonchev–Trinajstić information content (AvgIpc) is 2.03. The van der Waals surface area contributed by atoms with Crippen LogP contribution in [-0.2, 0) is 4.79 Å². The highest BCUT2D eigenvalue weighted by molar-refractivity contribution is 5.77. The van der Waals surface area contributed by atoms with Gasteiger partial charge in [-0.1, -0.05) is 27.7 Å². The largest absolute Gasteiger partial charge is 1.00 e. The Balaban J connectivity index is 0.00000484. The fourth-order valence-corrected chi connectivity index (χ4v) is 4.98. The number of amides is 1. The Hall–Kier alpha value is -0.320. The number of likely N-dealkylation sites (N-methyl/N-ethyl adjacent to an activating group) is 1. The maximum absolute atomic E-state index is 12.4. The standard InChI is InChI=1S/C18H36N2O2.ClH/c1-16(2)11-17(3,4)13-18(5,12-16)19-15(22)9-14(21)10-20(6,7)8;/h14,21H,9-13H2,1-8H3;1H/t14-;/m0./s1. The summed E-state index contributed by atoms with van der Waals surface area (Å²) in [6.07, 6.45) is 2.75. The van der Waals surface area contributed by atoms with E-state index in [0.717, 1.165) is 12.8 Å². The van der Waals surface area contributed by atoms with Crippen LogP contribution in [0.25, 0.3) is 0 Å². The van der Waals surface area contributed by atoms with Gasteiger partial charge in [-0.3, -0.25) is 4.79 Å². The van der Waals surface area contributed by atoms with Crippen molar-refractivity contribution in [1.82, 2.24) is 5.32 Å². The lowest BCUT2D eigenvalue weighted by Gasteiger charge is -2.51. The molecule has 0 aromatic carbocycles. The topological polar surface area (TPSA) is 49.3 Å². The molecule has 0 aliphatic heterocycles. The van der Waals surface area contributed by atoms with Crippen LogP contribution in [0.4, 0.5) is 0 Å². The lowest BCUT2D eigenvalue weighted by atomic mass is 9.59. The van der Waals surface area contributed by atoms with Gasteiger partial charge in [-0.2, -0.15) is 0 Å². The minimum atomic E-state index is -0.590. The quantitative estimate of drug-likeness (QED) is 0.662. The van der Waals surface area contributed by atoms with Gasteiger partial charge in [0.2, 0.25) is 5.91 Å². The van der Waals surface area contributed by atoms with Crippen molar-refractivity contribution in [2.24, 2.45) is 10.8 Å². The Labute approximate surface area is 149 Å². The van der Waals surface area contributed by atoms with E-state index in [-0.39, 0.29) is 41.1 Å². The van der Waals surface area contributed by atoms with Gasteiger partial charge >= 0.3 is 0 Å². The second kappa shape index (κ2) is 7.28.